The van der Waals surface area contributed by atoms with E-state index in [0.717, 1.165) is 5.56 Å². The van der Waals surface area contributed by atoms with Crippen molar-refractivity contribution in [2.45, 2.75) is 6.92 Å². The summed E-state index contributed by atoms with van der Waals surface area (Å²) in [7, 11) is 0.683. The summed E-state index contributed by atoms with van der Waals surface area (Å²) in [4.78, 5) is 0. The molecule has 1 rings (SSSR count). The molecular formula is C7H8BO2. The van der Waals surface area contributed by atoms with Gasteiger partial charge in [0.1, 0.15) is 5.75 Å². The average Bonchev–Trinajstić information content (AvgIpc) is 1.94. The molecule has 0 aliphatic heterocycles. The molecule has 0 bridgehead atoms. The van der Waals surface area contributed by atoms with Crippen molar-refractivity contribution in [1.29, 1.82) is 0 Å². The summed E-state index contributed by atoms with van der Waals surface area (Å²) in [6.07, 6.45) is 0. The van der Waals surface area contributed by atoms with E-state index < -0.39 is 0 Å². The van der Waals surface area contributed by atoms with E-state index in [9.17, 15) is 0 Å². The molecule has 1 radical (unpaired) electrons. The van der Waals surface area contributed by atoms with Crippen LogP contribution in [0.5, 0.6) is 5.75 Å². The second kappa shape index (κ2) is 3.27. The topological polar surface area (TPSA) is 29.5 Å². The summed E-state index contributed by atoms with van der Waals surface area (Å²) < 4.78 is 4.77. The van der Waals surface area contributed by atoms with Crippen LogP contribution in [0, 0.1) is 6.92 Å². The maximum Gasteiger partial charge on any atom is 0.569 e. The van der Waals surface area contributed by atoms with E-state index in [2.05, 4.69) is 0 Å². The monoisotopic (exact) mass is 135 g/mol. The third-order valence-corrected chi connectivity index (χ3v) is 1.27. The van der Waals surface area contributed by atoms with Gasteiger partial charge in [-0.15, -0.1) is 0 Å². The molecule has 0 unspecified atom stereocenters. The summed E-state index contributed by atoms with van der Waals surface area (Å²) in [6, 6.07) is 7.48. The summed E-state index contributed by atoms with van der Waals surface area (Å²) in [5.41, 5.74) is 1.01. The highest BCUT2D eigenvalue weighted by Crippen LogP contribution is 2.14. The Kier molecular flexibility index (Phi) is 2.34. The first-order chi connectivity index (χ1) is 4.84. The Hall–Kier alpha value is -0.955. The van der Waals surface area contributed by atoms with Crippen molar-refractivity contribution in [3.8, 4) is 5.75 Å². The molecule has 1 N–H and O–H groups in total. The summed E-state index contributed by atoms with van der Waals surface area (Å²) in [6.45, 7) is 1.92. The van der Waals surface area contributed by atoms with Crippen LogP contribution < -0.4 is 4.65 Å². The Balaban J connectivity index is 2.81. The van der Waals surface area contributed by atoms with Crippen molar-refractivity contribution >= 4 is 7.69 Å². The molecule has 2 nitrogen and oxygen atoms in total. The number of benzene rings is 1. The lowest BCUT2D eigenvalue weighted by Crippen LogP contribution is -2.00. The van der Waals surface area contributed by atoms with Gasteiger partial charge in [0.05, 0.1) is 0 Å². The van der Waals surface area contributed by atoms with E-state index in [1.165, 1.54) is 0 Å². The largest absolute Gasteiger partial charge is 0.569 e. The van der Waals surface area contributed by atoms with E-state index in [-0.39, 0.29) is 0 Å². The highest BCUT2D eigenvalue weighted by molar-refractivity contribution is 6.17. The third kappa shape index (κ3) is 1.51. The van der Waals surface area contributed by atoms with Crippen LogP contribution >= 0.6 is 0 Å². The van der Waals surface area contributed by atoms with E-state index >= 15 is 0 Å². The number of rotatable bonds is 2. The first-order valence-corrected chi connectivity index (χ1v) is 3.03. The van der Waals surface area contributed by atoms with Crippen LogP contribution in [0.4, 0.5) is 0 Å². The third-order valence-electron chi connectivity index (χ3n) is 1.27. The van der Waals surface area contributed by atoms with Gasteiger partial charge in [0.2, 0.25) is 0 Å². The average molecular weight is 135 g/mol. The fourth-order valence-corrected chi connectivity index (χ4v) is 0.745. The fourth-order valence-electron chi connectivity index (χ4n) is 0.745. The smallest absolute Gasteiger partial charge is 0.537 e. The van der Waals surface area contributed by atoms with Crippen LogP contribution in [0.3, 0.4) is 0 Å². The molecule has 3 heteroatoms. The molecule has 0 atom stereocenters. The van der Waals surface area contributed by atoms with Crippen molar-refractivity contribution < 1.29 is 9.68 Å². The zero-order chi connectivity index (χ0) is 7.40. The zero-order valence-electron chi connectivity index (χ0n) is 5.74. The van der Waals surface area contributed by atoms with E-state index in [1.54, 1.807) is 6.07 Å². The van der Waals surface area contributed by atoms with Crippen LogP contribution in [0.15, 0.2) is 24.3 Å². The van der Waals surface area contributed by atoms with Gasteiger partial charge in [-0.3, -0.25) is 0 Å². The van der Waals surface area contributed by atoms with E-state index in [1.807, 2.05) is 25.1 Å². The summed E-state index contributed by atoms with van der Waals surface area (Å²) in [5, 5.41) is 8.30. The van der Waals surface area contributed by atoms with Crippen LogP contribution in [-0.2, 0) is 0 Å². The SMILES string of the molecule is Cc1ccccc1O[B]O. The van der Waals surface area contributed by atoms with Crippen LogP contribution in [0.2, 0.25) is 0 Å². The minimum Gasteiger partial charge on any atom is -0.537 e. The standard InChI is InChI=1S/C7H8BO2/c1-6-4-2-3-5-7(6)10-8-9/h2-5,9H,1H3. The van der Waals surface area contributed by atoms with Crippen molar-refractivity contribution in [3.63, 3.8) is 0 Å². The Morgan fingerprint density at radius 1 is 1.40 bits per heavy atom. The molecule has 0 saturated carbocycles. The Morgan fingerprint density at radius 2 is 2.10 bits per heavy atom. The molecule has 0 saturated heterocycles. The lowest BCUT2D eigenvalue weighted by molar-refractivity contribution is 0.452. The molecule has 0 aliphatic carbocycles. The van der Waals surface area contributed by atoms with Crippen molar-refractivity contribution in [3.05, 3.63) is 29.8 Å². The van der Waals surface area contributed by atoms with Gasteiger partial charge in [-0.2, -0.15) is 0 Å². The van der Waals surface area contributed by atoms with Crippen molar-refractivity contribution in [2.75, 3.05) is 0 Å². The molecule has 0 aliphatic rings. The second-order valence-electron chi connectivity index (χ2n) is 1.99. The van der Waals surface area contributed by atoms with Crippen molar-refractivity contribution in [2.24, 2.45) is 0 Å². The van der Waals surface area contributed by atoms with Crippen LogP contribution in [-0.4, -0.2) is 12.7 Å². The Morgan fingerprint density at radius 3 is 2.70 bits per heavy atom. The van der Waals surface area contributed by atoms with Gasteiger partial charge in [-0.25, -0.2) is 0 Å². The first kappa shape index (κ1) is 7.16. The lowest BCUT2D eigenvalue weighted by Gasteiger charge is -2.03. The summed E-state index contributed by atoms with van der Waals surface area (Å²) in [5.74, 6) is 0.685. The predicted molar refractivity (Wildman–Crippen MR) is 39.8 cm³/mol. The van der Waals surface area contributed by atoms with Gasteiger partial charge in [0, 0.05) is 0 Å². The minimum atomic E-state index is 0.683. The second-order valence-corrected chi connectivity index (χ2v) is 1.99. The van der Waals surface area contributed by atoms with Gasteiger partial charge < -0.3 is 9.68 Å². The molecule has 1 aromatic carbocycles. The van der Waals surface area contributed by atoms with Crippen LogP contribution in [0.25, 0.3) is 0 Å². The number of hydrogen-bond acceptors (Lipinski definition) is 2. The molecule has 51 valence electrons. The zero-order valence-corrected chi connectivity index (χ0v) is 5.74. The molecule has 0 heterocycles. The molecule has 10 heavy (non-hydrogen) atoms. The molecule has 0 aromatic heterocycles. The lowest BCUT2D eigenvalue weighted by atomic mass is 10.2. The first-order valence-electron chi connectivity index (χ1n) is 3.03. The maximum atomic E-state index is 8.30. The number of hydrogen-bond donors (Lipinski definition) is 1. The molecule has 1 aromatic rings. The highest BCUT2D eigenvalue weighted by Gasteiger charge is 1.95. The Labute approximate surface area is 60.8 Å². The van der Waals surface area contributed by atoms with Gasteiger partial charge in [0.25, 0.3) is 0 Å². The van der Waals surface area contributed by atoms with E-state index in [0.29, 0.717) is 13.4 Å². The normalized spacial score (nSPS) is 9.00. The highest BCUT2D eigenvalue weighted by atomic mass is 16.5. The maximum absolute atomic E-state index is 8.30. The van der Waals surface area contributed by atoms with Gasteiger partial charge in [-0.1, -0.05) is 18.2 Å². The number of para-hydroxylation sites is 1. The van der Waals surface area contributed by atoms with Crippen molar-refractivity contribution in [1.82, 2.24) is 0 Å². The fraction of sp³-hybridized carbons (Fsp3) is 0.143. The molecule has 0 fully saturated rings. The quantitative estimate of drug-likeness (QED) is 0.610. The van der Waals surface area contributed by atoms with Crippen LogP contribution in [0.1, 0.15) is 5.56 Å². The molecule has 0 spiro atoms. The van der Waals surface area contributed by atoms with Gasteiger partial charge in [0.15, 0.2) is 0 Å². The van der Waals surface area contributed by atoms with E-state index in [4.69, 9.17) is 9.68 Å². The van der Waals surface area contributed by atoms with Gasteiger partial charge in [-0.05, 0) is 18.6 Å². The summed E-state index contributed by atoms with van der Waals surface area (Å²) >= 11 is 0. The number of aryl methyl sites for hydroxylation is 1. The molecular weight excluding hydrogens is 127 g/mol. The Bertz CT molecular complexity index is 213. The minimum absolute atomic E-state index is 0.683. The predicted octanol–water partition coefficient (Wildman–Crippen LogP) is 0.900. The molecule has 0 amide bonds. The van der Waals surface area contributed by atoms with Gasteiger partial charge >= 0.3 is 7.69 Å².